The van der Waals surface area contributed by atoms with Crippen molar-refractivity contribution in [3.8, 4) is 11.5 Å². The van der Waals surface area contributed by atoms with Crippen LogP contribution in [0.25, 0.3) is 10.9 Å². The number of aromatic amines is 1. The monoisotopic (exact) mass is 459 g/mol. The van der Waals surface area contributed by atoms with Crippen LogP contribution in [0.4, 0.5) is 0 Å². The largest absolute Gasteiger partial charge is 0.490 e. The van der Waals surface area contributed by atoms with Gasteiger partial charge in [-0.1, -0.05) is 26.2 Å². The summed E-state index contributed by atoms with van der Waals surface area (Å²) in [5.41, 5.74) is -0.355. The minimum absolute atomic E-state index is 0.100. The van der Waals surface area contributed by atoms with Crippen molar-refractivity contribution in [2.24, 2.45) is 5.92 Å². The maximum Gasteiger partial charge on any atom is 0.328 e. The van der Waals surface area contributed by atoms with Gasteiger partial charge < -0.3 is 19.8 Å². The van der Waals surface area contributed by atoms with E-state index in [1.807, 2.05) is 13.8 Å². The Kier molecular flexibility index (Phi) is 8.97. The topological polar surface area (TPSA) is 102 Å². The standard InChI is InChI=1S/C25H37N3O5/c1-4-32-21-15-18-20(16-22(21)33-5-2)27-25(31)28(24(18)30)14-10-6-7-13-23(29)26-19-12-9-8-11-17(19)3/h15-17,19H,4-14H2,1-3H3,(H,26,29)(H,27,31). The molecule has 1 aliphatic carbocycles. The number of nitrogens with zero attached hydrogens (tertiary/aromatic N) is 1. The lowest BCUT2D eigenvalue weighted by Crippen LogP contribution is -2.40. The molecule has 2 N–H and O–H groups in total. The van der Waals surface area contributed by atoms with Gasteiger partial charge in [0, 0.05) is 25.1 Å². The van der Waals surface area contributed by atoms with Crippen LogP contribution < -0.4 is 26.0 Å². The van der Waals surface area contributed by atoms with Crippen molar-refractivity contribution in [2.45, 2.75) is 84.7 Å². The fourth-order valence-electron chi connectivity index (χ4n) is 4.54. The first-order chi connectivity index (χ1) is 15.9. The second kappa shape index (κ2) is 11.9. The van der Waals surface area contributed by atoms with Gasteiger partial charge in [0.15, 0.2) is 11.5 Å². The zero-order valence-electron chi connectivity index (χ0n) is 20.1. The van der Waals surface area contributed by atoms with E-state index in [1.165, 1.54) is 23.8 Å². The van der Waals surface area contributed by atoms with E-state index in [1.54, 1.807) is 12.1 Å². The van der Waals surface area contributed by atoms with E-state index in [9.17, 15) is 14.4 Å². The van der Waals surface area contributed by atoms with Gasteiger partial charge in [-0.05, 0) is 51.5 Å². The average molecular weight is 460 g/mol. The van der Waals surface area contributed by atoms with E-state index >= 15 is 0 Å². The Labute approximate surface area is 194 Å². The molecule has 2 unspecified atom stereocenters. The normalized spacial score (nSPS) is 18.3. The van der Waals surface area contributed by atoms with Gasteiger partial charge in [0.2, 0.25) is 5.91 Å². The smallest absolute Gasteiger partial charge is 0.328 e. The second-order valence-electron chi connectivity index (χ2n) is 8.84. The summed E-state index contributed by atoms with van der Waals surface area (Å²) in [4.78, 5) is 40.6. The van der Waals surface area contributed by atoms with Crippen LogP contribution in [0.2, 0.25) is 0 Å². The van der Waals surface area contributed by atoms with Crippen molar-refractivity contribution >= 4 is 16.8 Å². The number of fused-ring (bicyclic) bond motifs is 1. The lowest BCUT2D eigenvalue weighted by Gasteiger charge is -2.29. The highest BCUT2D eigenvalue weighted by Crippen LogP contribution is 2.30. The molecule has 1 aliphatic rings. The van der Waals surface area contributed by atoms with E-state index < -0.39 is 5.69 Å². The van der Waals surface area contributed by atoms with Crippen LogP contribution in [0.5, 0.6) is 11.5 Å². The van der Waals surface area contributed by atoms with Crippen LogP contribution in [0.3, 0.4) is 0 Å². The third-order valence-electron chi connectivity index (χ3n) is 6.39. The fourth-order valence-corrected chi connectivity index (χ4v) is 4.54. The third kappa shape index (κ3) is 6.39. The number of H-pyrrole nitrogens is 1. The van der Waals surface area contributed by atoms with Gasteiger partial charge in [-0.25, -0.2) is 4.79 Å². The van der Waals surface area contributed by atoms with E-state index in [0.29, 0.717) is 67.0 Å². The number of ether oxygens (including phenoxy) is 2. The number of aromatic nitrogens is 2. The van der Waals surface area contributed by atoms with Crippen molar-refractivity contribution < 1.29 is 14.3 Å². The van der Waals surface area contributed by atoms with Crippen molar-refractivity contribution in [3.05, 3.63) is 33.0 Å². The zero-order valence-corrected chi connectivity index (χ0v) is 20.1. The maximum absolute atomic E-state index is 13.0. The van der Waals surface area contributed by atoms with Crippen LogP contribution in [0, 0.1) is 5.92 Å². The summed E-state index contributed by atoms with van der Waals surface area (Å²) >= 11 is 0. The van der Waals surface area contributed by atoms with Crippen molar-refractivity contribution in [3.63, 3.8) is 0 Å². The minimum atomic E-state index is -0.442. The molecule has 0 bridgehead atoms. The minimum Gasteiger partial charge on any atom is -0.490 e. The third-order valence-corrected chi connectivity index (χ3v) is 6.39. The SMILES string of the molecule is CCOc1cc2[nH]c(=O)n(CCCCCC(=O)NC3CCCCC3C)c(=O)c2cc1OCC. The van der Waals surface area contributed by atoms with Gasteiger partial charge in [0.05, 0.1) is 24.1 Å². The van der Waals surface area contributed by atoms with Crippen LogP contribution >= 0.6 is 0 Å². The summed E-state index contributed by atoms with van der Waals surface area (Å²) in [5.74, 6) is 1.63. The maximum atomic E-state index is 13.0. The molecule has 182 valence electrons. The molecule has 0 spiro atoms. The number of nitrogens with one attached hydrogen (secondary N) is 2. The zero-order chi connectivity index (χ0) is 23.8. The van der Waals surface area contributed by atoms with Crippen LogP contribution in [0.1, 0.15) is 72.1 Å². The van der Waals surface area contributed by atoms with E-state index in [4.69, 9.17) is 9.47 Å². The molecule has 1 saturated carbocycles. The Morgan fingerprint density at radius 2 is 1.76 bits per heavy atom. The van der Waals surface area contributed by atoms with Crippen molar-refractivity contribution in [1.29, 1.82) is 0 Å². The highest BCUT2D eigenvalue weighted by atomic mass is 16.5. The number of hydrogen-bond acceptors (Lipinski definition) is 5. The van der Waals surface area contributed by atoms with Crippen LogP contribution in [-0.2, 0) is 11.3 Å². The molecule has 1 amide bonds. The summed E-state index contributed by atoms with van der Waals surface area (Å²) in [6.45, 7) is 7.13. The number of unbranched alkanes of at least 4 members (excludes halogenated alkanes) is 2. The van der Waals surface area contributed by atoms with Gasteiger partial charge in [0.25, 0.3) is 5.56 Å². The molecule has 2 atom stereocenters. The predicted molar refractivity (Wildman–Crippen MR) is 129 cm³/mol. The predicted octanol–water partition coefficient (Wildman–Crippen LogP) is 3.74. The lowest BCUT2D eigenvalue weighted by atomic mass is 9.86. The Hall–Kier alpha value is -2.77. The molecule has 3 rings (SSSR count). The molecular formula is C25H37N3O5. The summed E-state index contributed by atoms with van der Waals surface area (Å²) in [7, 11) is 0. The molecule has 8 heteroatoms. The summed E-state index contributed by atoms with van der Waals surface area (Å²) in [6, 6.07) is 3.57. The Balaban J connectivity index is 1.58. The number of carbonyl (C=O) groups excluding carboxylic acids is 1. The summed E-state index contributed by atoms with van der Waals surface area (Å²) in [6.07, 6.45) is 7.31. The first-order valence-electron chi connectivity index (χ1n) is 12.3. The molecule has 8 nitrogen and oxygen atoms in total. The number of rotatable bonds is 11. The van der Waals surface area contributed by atoms with Gasteiger partial charge in [-0.2, -0.15) is 0 Å². The number of benzene rings is 1. The van der Waals surface area contributed by atoms with E-state index in [2.05, 4.69) is 17.2 Å². The van der Waals surface area contributed by atoms with Crippen molar-refractivity contribution in [2.75, 3.05) is 13.2 Å². The number of hydrogen-bond donors (Lipinski definition) is 2. The Morgan fingerprint density at radius 3 is 2.45 bits per heavy atom. The quantitative estimate of drug-likeness (QED) is 0.498. The molecule has 0 saturated heterocycles. The molecule has 0 radical (unpaired) electrons. The van der Waals surface area contributed by atoms with E-state index in [-0.39, 0.29) is 11.5 Å². The summed E-state index contributed by atoms with van der Waals surface area (Å²) in [5, 5.41) is 3.56. The van der Waals surface area contributed by atoms with Gasteiger partial charge >= 0.3 is 5.69 Å². The van der Waals surface area contributed by atoms with Crippen molar-refractivity contribution in [1.82, 2.24) is 14.9 Å². The molecule has 1 heterocycles. The van der Waals surface area contributed by atoms with Crippen LogP contribution in [-0.4, -0.2) is 34.7 Å². The first kappa shape index (κ1) is 24.9. The lowest BCUT2D eigenvalue weighted by molar-refractivity contribution is -0.122. The van der Waals surface area contributed by atoms with Gasteiger partial charge in [-0.3, -0.25) is 14.2 Å². The number of carbonyl (C=O) groups is 1. The molecular weight excluding hydrogens is 422 g/mol. The van der Waals surface area contributed by atoms with Gasteiger partial charge in [-0.15, -0.1) is 0 Å². The Bertz CT molecular complexity index is 1060. The Morgan fingerprint density at radius 1 is 1.06 bits per heavy atom. The molecule has 0 aliphatic heterocycles. The molecule has 1 aromatic carbocycles. The highest BCUT2D eigenvalue weighted by Gasteiger charge is 2.22. The second-order valence-corrected chi connectivity index (χ2v) is 8.84. The summed E-state index contributed by atoms with van der Waals surface area (Å²) < 4.78 is 12.4. The molecule has 33 heavy (non-hydrogen) atoms. The molecule has 2 aromatic rings. The molecule has 1 aromatic heterocycles. The first-order valence-corrected chi connectivity index (χ1v) is 12.3. The molecule has 1 fully saturated rings. The van der Waals surface area contributed by atoms with Gasteiger partial charge in [0.1, 0.15) is 0 Å². The average Bonchev–Trinajstić information content (AvgIpc) is 2.78. The van der Waals surface area contributed by atoms with Crippen LogP contribution in [0.15, 0.2) is 21.7 Å². The highest BCUT2D eigenvalue weighted by molar-refractivity contribution is 5.81. The van der Waals surface area contributed by atoms with E-state index in [0.717, 1.165) is 19.3 Å². The number of amides is 1. The fraction of sp³-hybridized carbons (Fsp3) is 0.640.